The van der Waals surface area contributed by atoms with Gasteiger partial charge in [0.1, 0.15) is 0 Å². The van der Waals surface area contributed by atoms with Crippen LogP contribution in [0.2, 0.25) is 0 Å². The average molecular weight is 294 g/mol. The van der Waals surface area contributed by atoms with Crippen molar-refractivity contribution in [3.05, 3.63) is 35.4 Å². The van der Waals surface area contributed by atoms with Gasteiger partial charge >= 0.3 is 5.97 Å². The van der Waals surface area contributed by atoms with Gasteiger partial charge in [0.05, 0.1) is 24.2 Å². The van der Waals surface area contributed by atoms with Gasteiger partial charge in [0.2, 0.25) is 0 Å². The van der Waals surface area contributed by atoms with Crippen LogP contribution in [-0.2, 0) is 10.2 Å². The van der Waals surface area contributed by atoms with Gasteiger partial charge in [0.15, 0.2) is 0 Å². The Labute approximate surface area is 109 Å². The minimum absolute atomic E-state index is 0.103. The molecule has 0 radical (unpaired) electrons. The van der Waals surface area contributed by atoms with Crippen LogP contribution in [0, 0.1) is 11.3 Å². The molecule has 0 saturated heterocycles. The van der Waals surface area contributed by atoms with Crippen LogP contribution < -0.4 is 0 Å². The topological polar surface area (TPSA) is 50.1 Å². The maximum atomic E-state index is 11.7. The minimum Gasteiger partial charge on any atom is -0.465 e. The molecule has 1 aromatic carbocycles. The number of nitriles is 1. The lowest BCUT2D eigenvalue weighted by Crippen LogP contribution is -2.45. The molecule has 1 aromatic rings. The third-order valence-electron chi connectivity index (χ3n) is 3.34. The Morgan fingerprint density at radius 1 is 1.59 bits per heavy atom. The summed E-state index contributed by atoms with van der Waals surface area (Å²) in [4.78, 5) is 11.8. The molecular weight excluding hydrogens is 282 g/mol. The van der Waals surface area contributed by atoms with E-state index in [1.165, 1.54) is 7.11 Å². The van der Waals surface area contributed by atoms with E-state index in [0.717, 1.165) is 18.4 Å². The van der Waals surface area contributed by atoms with Gasteiger partial charge in [-0.05, 0) is 24.5 Å². The van der Waals surface area contributed by atoms with Crippen LogP contribution in [0.4, 0.5) is 0 Å². The first-order chi connectivity index (χ1) is 8.15. The summed E-state index contributed by atoms with van der Waals surface area (Å²) in [6, 6.07) is 9.52. The summed E-state index contributed by atoms with van der Waals surface area (Å²) in [6.45, 7) is 0. The molecule has 0 aliphatic heterocycles. The summed E-state index contributed by atoms with van der Waals surface area (Å²) in [5.74, 6) is -0.387. The van der Waals surface area contributed by atoms with Crippen molar-refractivity contribution >= 4 is 21.9 Å². The summed E-state index contributed by atoms with van der Waals surface area (Å²) in [5.41, 5.74) is 0.660. The number of methoxy groups -OCH3 is 1. The first-order valence-corrected chi connectivity index (χ1v) is 6.30. The predicted octanol–water partition coefficient (Wildman–Crippen LogP) is 2.79. The molecule has 0 spiro atoms. The van der Waals surface area contributed by atoms with Gasteiger partial charge in [-0.2, -0.15) is 5.26 Å². The van der Waals surface area contributed by atoms with Crippen molar-refractivity contribution in [3.63, 3.8) is 0 Å². The maximum absolute atomic E-state index is 11.7. The second-order valence-electron chi connectivity index (χ2n) is 4.13. The molecule has 1 fully saturated rings. The standard InChI is InChI=1S/C13H12BrNO2/c1-17-12(16)9-4-2-3-5-10(9)13(8-15)7-6-11(13)14/h2-5,11H,6-7H2,1H3. The van der Waals surface area contributed by atoms with E-state index in [4.69, 9.17) is 4.74 Å². The molecule has 0 bridgehead atoms. The minimum atomic E-state index is -0.592. The summed E-state index contributed by atoms with van der Waals surface area (Å²) in [5, 5.41) is 9.41. The molecule has 2 atom stereocenters. The first kappa shape index (κ1) is 12.1. The molecular formula is C13H12BrNO2. The van der Waals surface area contributed by atoms with Gasteiger partial charge in [-0.1, -0.05) is 34.1 Å². The molecule has 17 heavy (non-hydrogen) atoms. The van der Waals surface area contributed by atoms with Gasteiger partial charge in [-0.15, -0.1) is 0 Å². The number of carbonyl (C=O) groups is 1. The van der Waals surface area contributed by atoms with Crippen molar-refractivity contribution in [2.45, 2.75) is 23.1 Å². The average Bonchev–Trinajstić information content (AvgIpc) is 2.38. The van der Waals surface area contributed by atoms with Crippen LogP contribution in [0.15, 0.2) is 24.3 Å². The Kier molecular flexibility index (Phi) is 3.21. The predicted molar refractivity (Wildman–Crippen MR) is 67.0 cm³/mol. The van der Waals surface area contributed by atoms with Crippen LogP contribution in [0.1, 0.15) is 28.8 Å². The molecule has 1 aliphatic carbocycles. The molecule has 2 rings (SSSR count). The van der Waals surface area contributed by atoms with Crippen molar-refractivity contribution in [3.8, 4) is 6.07 Å². The number of hydrogen-bond acceptors (Lipinski definition) is 3. The summed E-state index contributed by atoms with van der Waals surface area (Å²) in [7, 11) is 1.35. The molecule has 0 heterocycles. The van der Waals surface area contributed by atoms with Gasteiger partial charge in [0, 0.05) is 4.83 Å². The van der Waals surface area contributed by atoms with Crippen LogP contribution in [0.3, 0.4) is 0 Å². The second-order valence-corrected chi connectivity index (χ2v) is 5.23. The quantitative estimate of drug-likeness (QED) is 0.622. The summed E-state index contributed by atoms with van der Waals surface area (Å²) in [6.07, 6.45) is 1.72. The Morgan fingerprint density at radius 2 is 2.29 bits per heavy atom. The van der Waals surface area contributed by atoms with Gasteiger partial charge in [-0.3, -0.25) is 0 Å². The van der Waals surface area contributed by atoms with E-state index in [9.17, 15) is 10.1 Å². The molecule has 1 saturated carbocycles. The fourth-order valence-corrected chi connectivity index (χ4v) is 3.00. The van der Waals surface area contributed by atoms with E-state index in [-0.39, 0.29) is 10.8 Å². The van der Waals surface area contributed by atoms with E-state index in [1.807, 2.05) is 12.1 Å². The number of esters is 1. The number of rotatable bonds is 2. The van der Waals surface area contributed by atoms with E-state index in [2.05, 4.69) is 22.0 Å². The van der Waals surface area contributed by atoms with Gasteiger partial charge in [-0.25, -0.2) is 4.79 Å². The van der Waals surface area contributed by atoms with Crippen molar-refractivity contribution in [1.29, 1.82) is 5.26 Å². The second kappa shape index (κ2) is 4.50. The highest BCUT2D eigenvalue weighted by Crippen LogP contribution is 2.48. The van der Waals surface area contributed by atoms with Crippen molar-refractivity contribution < 1.29 is 9.53 Å². The SMILES string of the molecule is COC(=O)c1ccccc1C1(C#N)CCC1Br. The van der Waals surface area contributed by atoms with Gasteiger partial charge < -0.3 is 4.74 Å². The summed E-state index contributed by atoms with van der Waals surface area (Å²) >= 11 is 3.51. The highest BCUT2D eigenvalue weighted by Gasteiger charge is 2.49. The molecule has 0 N–H and O–H groups in total. The van der Waals surface area contributed by atoms with Crippen molar-refractivity contribution in [2.24, 2.45) is 0 Å². The normalized spacial score (nSPS) is 26.8. The lowest BCUT2D eigenvalue weighted by atomic mass is 9.64. The summed E-state index contributed by atoms with van der Waals surface area (Å²) < 4.78 is 4.76. The third kappa shape index (κ3) is 1.75. The maximum Gasteiger partial charge on any atom is 0.338 e. The Morgan fingerprint density at radius 3 is 2.76 bits per heavy atom. The van der Waals surface area contributed by atoms with Crippen molar-refractivity contribution in [2.75, 3.05) is 7.11 Å². The molecule has 0 aromatic heterocycles. The highest BCUT2D eigenvalue weighted by atomic mass is 79.9. The molecule has 2 unspecified atom stereocenters. The van der Waals surface area contributed by atoms with Crippen LogP contribution in [-0.4, -0.2) is 17.9 Å². The molecule has 0 amide bonds. The number of nitrogens with zero attached hydrogens (tertiary/aromatic N) is 1. The first-order valence-electron chi connectivity index (χ1n) is 5.39. The van der Waals surface area contributed by atoms with Gasteiger partial charge in [0.25, 0.3) is 0 Å². The number of alkyl halides is 1. The smallest absolute Gasteiger partial charge is 0.338 e. The lowest BCUT2D eigenvalue weighted by molar-refractivity contribution is 0.0597. The van der Waals surface area contributed by atoms with E-state index >= 15 is 0 Å². The number of ether oxygens (including phenoxy) is 1. The number of benzene rings is 1. The molecule has 88 valence electrons. The number of hydrogen-bond donors (Lipinski definition) is 0. The van der Waals surface area contributed by atoms with Crippen LogP contribution in [0.25, 0.3) is 0 Å². The van der Waals surface area contributed by atoms with Crippen LogP contribution >= 0.6 is 15.9 Å². The molecule has 3 nitrogen and oxygen atoms in total. The zero-order valence-electron chi connectivity index (χ0n) is 9.44. The monoisotopic (exact) mass is 293 g/mol. The zero-order chi connectivity index (χ0) is 12.5. The molecule has 1 aliphatic rings. The highest BCUT2D eigenvalue weighted by molar-refractivity contribution is 9.09. The lowest BCUT2D eigenvalue weighted by Gasteiger charge is -2.42. The molecule has 4 heteroatoms. The largest absolute Gasteiger partial charge is 0.465 e. The van der Waals surface area contributed by atoms with Crippen molar-refractivity contribution in [1.82, 2.24) is 0 Å². The Bertz CT molecular complexity index is 494. The Balaban J connectivity index is 2.53. The fourth-order valence-electron chi connectivity index (χ4n) is 2.19. The van der Waals surface area contributed by atoms with E-state index < -0.39 is 5.41 Å². The number of carbonyl (C=O) groups excluding carboxylic acids is 1. The Hall–Kier alpha value is -1.34. The van der Waals surface area contributed by atoms with Crippen LogP contribution in [0.5, 0.6) is 0 Å². The third-order valence-corrected chi connectivity index (χ3v) is 4.58. The number of halogens is 1. The van der Waals surface area contributed by atoms with E-state index in [1.54, 1.807) is 12.1 Å². The fraction of sp³-hybridized carbons (Fsp3) is 0.385. The van der Waals surface area contributed by atoms with E-state index in [0.29, 0.717) is 5.56 Å². The zero-order valence-corrected chi connectivity index (χ0v) is 11.0.